The maximum atomic E-state index is 12.3. The van der Waals surface area contributed by atoms with E-state index in [1.54, 1.807) is 22.7 Å². The van der Waals surface area contributed by atoms with Crippen LogP contribution in [0.3, 0.4) is 0 Å². The average molecular weight is 233 g/mol. The number of fused-ring (bicyclic) bond motifs is 1. The third-order valence-corrected chi connectivity index (χ3v) is 3.84. The summed E-state index contributed by atoms with van der Waals surface area (Å²) in [7, 11) is 0. The molecule has 1 aliphatic heterocycles. The van der Waals surface area contributed by atoms with Crippen molar-refractivity contribution in [1.29, 1.82) is 0 Å². The van der Waals surface area contributed by atoms with Crippen LogP contribution in [0.1, 0.15) is 13.8 Å². The fourth-order valence-electron chi connectivity index (χ4n) is 1.83. The molecule has 0 bridgehead atoms. The Morgan fingerprint density at radius 3 is 2.81 bits per heavy atom. The molecule has 1 aliphatic rings. The predicted octanol–water partition coefficient (Wildman–Crippen LogP) is 3.09. The van der Waals surface area contributed by atoms with Crippen LogP contribution in [0.5, 0.6) is 0 Å². The van der Waals surface area contributed by atoms with Crippen LogP contribution in [-0.4, -0.2) is 17.2 Å². The van der Waals surface area contributed by atoms with Crippen LogP contribution in [0.15, 0.2) is 41.8 Å². The molecule has 0 fully saturated rings. The highest BCUT2D eigenvalue weighted by atomic mass is 32.2. The van der Waals surface area contributed by atoms with E-state index in [1.165, 1.54) is 0 Å². The molecule has 1 heterocycles. The Morgan fingerprint density at radius 1 is 1.44 bits per heavy atom. The summed E-state index contributed by atoms with van der Waals surface area (Å²) in [6.07, 6.45) is 1.76. The van der Waals surface area contributed by atoms with Gasteiger partial charge in [-0.2, -0.15) is 0 Å². The number of nitrogens with zero attached hydrogens (tertiary/aromatic N) is 1. The lowest BCUT2D eigenvalue weighted by atomic mass is 10.1. The Hall–Kier alpha value is -1.22. The van der Waals surface area contributed by atoms with Gasteiger partial charge in [-0.1, -0.05) is 18.2 Å². The van der Waals surface area contributed by atoms with Crippen LogP contribution in [0.25, 0.3) is 0 Å². The number of benzene rings is 1. The predicted molar refractivity (Wildman–Crippen MR) is 68.9 cm³/mol. The van der Waals surface area contributed by atoms with Crippen LogP contribution in [0.4, 0.5) is 5.69 Å². The van der Waals surface area contributed by atoms with Gasteiger partial charge in [0.05, 0.1) is 10.4 Å². The molecule has 2 nitrogen and oxygen atoms in total. The van der Waals surface area contributed by atoms with Gasteiger partial charge in [0.25, 0.3) is 0 Å². The molecule has 0 saturated heterocycles. The van der Waals surface area contributed by atoms with Crippen LogP contribution >= 0.6 is 11.8 Å². The summed E-state index contributed by atoms with van der Waals surface area (Å²) in [6, 6.07) is 8.01. The highest BCUT2D eigenvalue weighted by Crippen LogP contribution is 2.44. The van der Waals surface area contributed by atoms with Crippen molar-refractivity contribution in [1.82, 2.24) is 0 Å². The number of hydrogen-bond donors (Lipinski definition) is 0. The molecule has 0 N–H and O–H groups in total. The first-order chi connectivity index (χ1) is 7.56. The summed E-state index contributed by atoms with van der Waals surface area (Å²) in [5.41, 5.74) is 0.997. The summed E-state index contributed by atoms with van der Waals surface area (Å²) in [5, 5.41) is 0. The van der Waals surface area contributed by atoms with Gasteiger partial charge >= 0.3 is 0 Å². The van der Waals surface area contributed by atoms with Gasteiger partial charge < -0.3 is 4.90 Å². The maximum Gasteiger partial charge on any atom is 0.243 e. The number of thioether (sulfide) groups is 1. The Bertz CT molecular complexity index is 439. The zero-order valence-electron chi connectivity index (χ0n) is 9.56. The van der Waals surface area contributed by atoms with Crippen molar-refractivity contribution in [2.45, 2.75) is 23.5 Å². The topological polar surface area (TPSA) is 20.3 Å². The largest absolute Gasteiger partial charge is 0.306 e. The Morgan fingerprint density at radius 2 is 2.12 bits per heavy atom. The summed E-state index contributed by atoms with van der Waals surface area (Å²) in [6.45, 7) is 8.21. The minimum absolute atomic E-state index is 0.149. The lowest BCUT2D eigenvalue weighted by Gasteiger charge is -2.37. The van der Waals surface area contributed by atoms with Crippen molar-refractivity contribution < 1.29 is 4.79 Å². The Balaban J connectivity index is 2.50. The number of rotatable bonds is 2. The Labute approximate surface area is 100 Å². The normalized spacial score (nSPS) is 18.1. The van der Waals surface area contributed by atoms with Gasteiger partial charge in [0, 0.05) is 11.4 Å². The molecule has 0 unspecified atom stereocenters. The first-order valence-electron chi connectivity index (χ1n) is 5.27. The number of anilines is 1. The lowest BCUT2D eigenvalue weighted by molar-refractivity contribution is -0.120. The molecular formula is C13H15NOS. The monoisotopic (exact) mass is 233 g/mol. The molecule has 3 heteroatoms. The van der Waals surface area contributed by atoms with E-state index in [1.807, 2.05) is 32.0 Å². The number of carbonyl (C=O) groups is 1. The van der Waals surface area contributed by atoms with E-state index >= 15 is 0 Å². The standard InChI is InChI=1S/C13H15NOS/c1-4-9-14-10-7-5-6-8-11(10)16-13(2,3)12(14)15/h4-8H,1,9H2,2-3H3. The van der Waals surface area contributed by atoms with E-state index in [-0.39, 0.29) is 5.91 Å². The first kappa shape index (κ1) is 11.3. The zero-order valence-corrected chi connectivity index (χ0v) is 10.4. The quantitative estimate of drug-likeness (QED) is 0.732. The van der Waals surface area contributed by atoms with Gasteiger partial charge in [-0.15, -0.1) is 18.3 Å². The van der Waals surface area contributed by atoms with E-state index in [2.05, 4.69) is 12.6 Å². The molecule has 84 valence electrons. The smallest absolute Gasteiger partial charge is 0.243 e. The number of amides is 1. The minimum Gasteiger partial charge on any atom is -0.306 e. The van der Waals surface area contributed by atoms with Crippen LogP contribution in [-0.2, 0) is 4.79 Å². The lowest BCUT2D eigenvalue weighted by Crippen LogP contribution is -2.46. The molecule has 16 heavy (non-hydrogen) atoms. The molecule has 0 spiro atoms. The fraction of sp³-hybridized carbons (Fsp3) is 0.308. The number of para-hydroxylation sites is 1. The SMILES string of the molecule is C=CCN1C(=O)C(C)(C)Sc2ccccc21. The molecule has 0 saturated carbocycles. The second kappa shape index (κ2) is 3.98. The number of hydrogen-bond acceptors (Lipinski definition) is 2. The zero-order chi connectivity index (χ0) is 11.8. The molecule has 1 aromatic carbocycles. The van der Waals surface area contributed by atoms with Crippen molar-refractivity contribution >= 4 is 23.4 Å². The third kappa shape index (κ3) is 1.76. The van der Waals surface area contributed by atoms with Crippen LogP contribution in [0.2, 0.25) is 0 Å². The van der Waals surface area contributed by atoms with E-state index in [0.717, 1.165) is 10.6 Å². The van der Waals surface area contributed by atoms with Crippen molar-refractivity contribution in [3.63, 3.8) is 0 Å². The molecule has 0 aromatic heterocycles. The van der Waals surface area contributed by atoms with Crippen LogP contribution in [0, 0.1) is 0 Å². The van der Waals surface area contributed by atoms with Gasteiger partial charge in [-0.25, -0.2) is 0 Å². The molecule has 1 aromatic rings. The number of carbonyl (C=O) groups excluding carboxylic acids is 1. The molecule has 0 radical (unpaired) electrons. The third-order valence-electron chi connectivity index (χ3n) is 2.59. The van der Waals surface area contributed by atoms with Gasteiger partial charge in [-0.05, 0) is 26.0 Å². The van der Waals surface area contributed by atoms with Crippen molar-refractivity contribution in [2.24, 2.45) is 0 Å². The van der Waals surface area contributed by atoms with Crippen molar-refractivity contribution in [3.05, 3.63) is 36.9 Å². The second-order valence-electron chi connectivity index (χ2n) is 4.28. The summed E-state index contributed by atoms with van der Waals surface area (Å²) < 4.78 is -0.392. The van der Waals surface area contributed by atoms with E-state index < -0.39 is 4.75 Å². The first-order valence-corrected chi connectivity index (χ1v) is 6.09. The van der Waals surface area contributed by atoms with E-state index in [9.17, 15) is 4.79 Å². The molecule has 1 amide bonds. The summed E-state index contributed by atoms with van der Waals surface area (Å²) in [4.78, 5) is 15.2. The van der Waals surface area contributed by atoms with Gasteiger partial charge in [0.15, 0.2) is 0 Å². The summed E-state index contributed by atoms with van der Waals surface area (Å²) >= 11 is 1.63. The average Bonchev–Trinajstić information content (AvgIpc) is 2.24. The Kier molecular flexibility index (Phi) is 2.80. The fourth-order valence-corrected chi connectivity index (χ4v) is 3.01. The van der Waals surface area contributed by atoms with Crippen molar-refractivity contribution in [2.75, 3.05) is 11.4 Å². The van der Waals surface area contributed by atoms with Gasteiger partial charge in [-0.3, -0.25) is 4.79 Å². The van der Waals surface area contributed by atoms with Gasteiger partial charge in [0.2, 0.25) is 5.91 Å². The molecule has 2 rings (SSSR count). The van der Waals surface area contributed by atoms with E-state index in [4.69, 9.17) is 0 Å². The summed E-state index contributed by atoms with van der Waals surface area (Å²) in [5.74, 6) is 0.149. The van der Waals surface area contributed by atoms with Gasteiger partial charge in [0.1, 0.15) is 0 Å². The molecule has 0 aliphatic carbocycles. The second-order valence-corrected chi connectivity index (χ2v) is 5.95. The highest BCUT2D eigenvalue weighted by molar-refractivity contribution is 8.01. The maximum absolute atomic E-state index is 12.3. The van der Waals surface area contributed by atoms with E-state index in [0.29, 0.717) is 6.54 Å². The van der Waals surface area contributed by atoms with Crippen molar-refractivity contribution in [3.8, 4) is 0 Å². The molecular weight excluding hydrogens is 218 g/mol. The van der Waals surface area contributed by atoms with Crippen LogP contribution < -0.4 is 4.90 Å². The highest BCUT2D eigenvalue weighted by Gasteiger charge is 2.38. The molecule has 0 atom stereocenters. The minimum atomic E-state index is -0.392.